The van der Waals surface area contributed by atoms with Crippen LogP contribution in [-0.4, -0.2) is 27.1 Å². The number of benzene rings is 1. The normalized spacial score (nSPS) is 9.81. The zero-order valence-electron chi connectivity index (χ0n) is 7.51. The molecule has 0 saturated heterocycles. The van der Waals surface area contributed by atoms with Crippen molar-refractivity contribution in [2.75, 3.05) is 0 Å². The summed E-state index contributed by atoms with van der Waals surface area (Å²) in [5, 5.41) is 27.6. The molecule has 0 fully saturated rings. The maximum absolute atomic E-state index is 13.0. The first kappa shape index (κ1) is 11.6. The maximum atomic E-state index is 13.0. The van der Waals surface area contributed by atoms with Crippen molar-refractivity contribution in [1.82, 2.24) is 0 Å². The first-order chi connectivity index (χ1) is 7.36. The van der Waals surface area contributed by atoms with Gasteiger partial charge in [0.25, 0.3) is 5.69 Å². The summed E-state index contributed by atoms with van der Waals surface area (Å²) in [4.78, 5) is 30.6. The molecule has 1 aromatic carbocycles. The highest BCUT2D eigenvalue weighted by Crippen LogP contribution is 2.24. The topological polar surface area (TPSA) is 118 Å². The molecule has 0 spiro atoms. The van der Waals surface area contributed by atoms with Gasteiger partial charge in [0, 0.05) is 6.07 Å². The molecule has 0 aliphatic carbocycles. The molecule has 0 radical (unpaired) electrons. The maximum Gasteiger partial charge on any atom is 0.343 e. The third-order valence-corrected chi connectivity index (χ3v) is 1.76. The number of carboxylic acid groups (broad SMARTS) is 2. The van der Waals surface area contributed by atoms with Crippen molar-refractivity contribution >= 4 is 17.6 Å². The number of rotatable bonds is 3. The van der Waals surface area contributed by atoms with Crippen LogP contribution in [-0.2, 0) is 0 Å². The number of hydrogen-bond acceptors (Lipinski definition) is 4. The number of carbonyl (C=O) groups is 2. The molecular weight excluding hydrogens is 225 g/mol. The lowest BCUT2D eigenvalue weighted by molar-refractivity contribution is -0.385. The summed E-state index contributed by atoms with van der Waals surface area (Å²) in [7, 11) is 0. The van der Waals surface area contributed by atoms with Crippen molar-refractivity contribution in [3.05, 3.63) is 39.2 Å². The third-order valence-electron chi connectivity index (χ3n) is 1.76. The third kappa shape index (κ3) is 1.80. The van der Waals surface area contributed by atoms with Crippen molar-refractivity contribution in [3.63, 3.8) is 0 Å². The van der Waals surface area contributed by atoms with Gasteiger partial charge in [-0.3, -0.25) is 10.1 Å². The second kappa shape index (κ2) is 3.93. The minimum atomic E-state index is -1.88. The molecule has 8 heteroatoms. The van der Waals surface area contributed by atoms with Crippen molar-refractivity contribution in [3.8, 4) is 0 Å². The molecule has 7 nitrogen and oxygen atoms in total. The minimum Gasteiger partial charge on any atom is -0.478 e. The number of hydrogen-bond donors (Lipinski definition) is 2. The Hall–Kier alpha value is -2.51. The molecule has 1 rings (SSSR count). The largest absolute Gasteiger partial charge is 0.478 e. The number of nitro benzene ring substituents is 1. The van der Waals surface area contributed by atoms with Crippen LogP contribution in [0.3, 0.4) is 0 Å². The molecule has 2 N–H and O–H groups in total. The molecule has 1 aromatic rings. The van der Waals surface area contributed by atoms with E-state index in [0.29, 0.717) is 12.1 Å². The monoisotopic (exact) mass is 229 g/mol. The molecule has 0 aliphatic heterocycles. The van der Waals surface area contributed by atoms with Crippen molar-refractivity contribution < 1.29 is 29.1 Å². The second-order valence-corrected chi connectivity index (χ2v) is 2.68. The Kier molecular flexibility index (Phi) is 2.84. The van der Waals surface area contributed by atoms with E-state index in [9.17, 15) is 24.1 Å². The van der Waals surface area contributed by atoms with Crippen molar-refractivity contribution in [2.45, 2.75) is 0 Å². The molecule has 0 unspecified atom stereocenters. The van der Waals surface area contributed by atoms with Crippen molar-refractivity contribution in [1.29, 1.82) is 0 Å². The summed E-state index contributed by atoms with van der Waals surface area (Å²) in [5.41, 5.74) is -3.36. The number of halogens is 1. The molecule has 0 saturated carbocycles. The summed E-state index contributed by atoms with van der Waals surface area (Å²) in [6.45, 7) is 0. The quantitative estimate of drug-likeness (QED) is 0.592. The van der Waals surface area contributed by atoms with E-state index in [4.69, 9.17) is 10.2 Å². The van der Waals surface area contributed by atoms with E-state index in [1.165, 1.54) is 0 Å². The average Bonchev–Trinajstić information content (AvgIpc) is 2.15. The van der Waals surface area contributed by atoms with E-state index in [2.05, 4.69) is 0 Å². The lowest BCUT2D eigenvalue weighted by Gasteiger charge is -2.03. The number of carboxylic acids is 2. The van der Waals surface area contributed by atoms with Crippen LogP contribution >= 0.6 is 0 Å². The van der Waals surface area contributed by atoms with Crippen LogP contribution in [0.5, 0.6) is 0 Å². The van der Waals surface area contributed by atoms with Crippen molar-refractivity contribution in [2.24, 2.45) is 0 Å². The highest BCUT2D eigenvalue weighted by atomic mass is 19.1. The van der Waals surface area contributed by atoms with Crippen LogP contribution in [0.4, 0.5) is 10.1 Å². The summed E-state index contributed by atoms with van der Waals surface area (Å²) in [6, 6.07) is 1.14. The Balaban J connectivity index is 3.70. The lowest BCUT2D eigenvalue weighted by atomic mass is 10.0. The second-order valence-electron chi connectivity index (χ2n) is 2.68. The van der Waals surface area contributed by atoms with Gasteiger partial charge in [-0.15, -0.1) is 0 Å². The summed E-state index contributed by atoms with van der Waals surface area (Å²) in [6.07, 6.45) is 0. The van der Waals surface area contributed by atoms with Gasteiger partial charge in [-0.2, -0.15) is 0 Å². The molecule has 0 atom stereocenters. The molecule has 0 heterocycles. The predicted molar refractivity (Wildman–Crippen MR) is 47.0 cm³/mol. The van der Waals surface area contributed by atoms with Crippen LogP contribution in [0.15, 0.2) is 12.1 Å². The Bertz CT molecular complexity index is 498. The Morgan fingerprint density at radius 3 is 2.06 bits per heavy atom. The van der Waals surface area contributed by atoms with Gasteiger partial charge in [-0.05, 0) is 6.07 Å². The van der Waals surface area contributed by atoms with Gasteiger partial charge < -0.3 is 10.2 Å². The first-order valence-corrected chi connectivity index (χ1v) is 3.79. The van der Waals surface area contributed by atoms with Crippen LogP contribution in [0.2, 0.25) is 0 Å². The molecule has 0 aromatic heterocycles. The van der Waals surface area contributed by atoms with E-state index < -0.39 is 39.5 Å². The number of aromatic carboxylic acids is 2. The van der Waals surface area contributed by atoms with E-state index in [1.54, 1.807) is 0 Å². The first-order valence-electron chi connectivity index (χ1n) is 3.79. The minimum absolute atomic E-state index is 0.536. The fourth-order valence-electron chi connectivity index (χ4n) is 1.14. The van der Waals surface area contributed by atoms with Crippen LogP contribution in [0, 0.1) is 15.9 Å². The zero-order chi connectivity index (χ0) is 12.5. The Morgan fingerprint density at radius 2 is 1.69 bits per heavy atom. The van der Waals surface area contributed by atoms with Crippen LogP contribution in [0.1, 0.15) is 20.7 Å². The summed E-state index contributed by atoms with van der Waals surface area (Å²) >= 11 is 0. The van der Waals surface area contributed by atoms with Gasteiger partial charge in [0.05, 0.1) is 4.92 Å². The fraction of sp³-hybridized carbons (Fsp3) is 0. The van der Waals surface area contributed by atoms with Crippen LogP contribution < -0.4 is 0 Å². The number of nitro groups is 1. The highest BCUT2D eigenvalue weighted by Gasteiger charge is 2.30. The van der Waals surface area contributed by atoms with Crippen LogP contribution in [0.25, 0.3) is 0 Å². The predicted octanol–water partition coefficient (Wildman–Crippen LogP) is 1.13. The Labute approximate surface area is 86.9 Å². The molecule has 0 aliphatic rings. The lowest BCUT2D eigenvalue weighted by Crippen LogP contribution is -2.13. The molecule has 16 heavy (non-hydrogen) atoms. The van der Waals surface area contributed by atoms with Gasteiger partial charge in [-0.1, -0.05) is 0 Å². The molecule has 0 amide bonds. The fourth-order valence-corrected chi connectivity index (χ4v) is 1.14. The SMILES string of the molecule is O=C(O)c1c(F)ccc([N+](=O)[O-])c1C(=O)O. The average molecular weight is 229 g/mol. The molecular formula is C8H4FNO6. The summed E-state index contributed by atoms with van der Waals surface area (Å²) < 4.78 is 13.0. The Morgan fingerprint density at radius 1 is 1.19 bits per heavy atom. The van der Waals surface area contributed by atoms with Gasteiger partial charge in [0.1, 0.15) is 11.4 Å². The van der Waals surface area contributed by atoms with Gasteiger partial charge in [0.15, 0.2) is 5.56 Å². The van der Waals surface area contributed by atoms with E-state index >= 15 is 0 Å². The molecule has 84 valence electrons. The van der Waals surface area contributed by atoms with E-state index in [1.807, 2.05) is 0 Å². The van der Waals surface area contributed by atoms with Gasteiger partial charge in [-0.25, -0.2) is 14.0 Å². The summed E-state index contributed by atoms with van der Waals surface area (Å²) in [5.74, 6) is -5.09. The van der Waals surface area contributed by atoms with Gasteiger partial charge in [0.2, 0.25) is 0 Å². The standard InChI is InChI=1S/C8H4FNO6/c9-3-1-2-4(10(15)16)6(8(13)14)5(3)7(11)12/h1-2H,(H,11,12)(H,13,14). The van der Waals surface area contributed by atoms with Gasteiger partial charge >= 0.3 is 11.9 Å². The number of nitrogens with zero attached hydrogens (tertiary/aromatic N) is 1. The molecule has 0 bridgehead atoms. The van der Waals surface area contributed by atoms with E-state index in [0.717, 1.165) is 0 Å². The van der Waals surface area contributed by atoms with E-state index in [-0.39, 0.29) is 0 Å². The zero-order valence-corrected chi connectivity index (χ0v) is 7.51. The smallest absolute Gasteiger partial charge is 0.343 e. The highest BCUT2D eigenvalue weighted by molar-refractivity contribution is 6.04.